The lowest BCUT2D eigenvalue weighted by Gasteiger charge is -2.19. The van der Waals surface area contributed by atoms with Crippen molar-refractivity contribution in [3.8, 4) is 5.75 Å². The largest absolute Gasteiger partial charge is 0.493 e. The van der Waals surface area contributed by atoms with Crippen molar-refractivity contribution < 1.29 is 14.3 Å². The standard InChI is InChI=1S/C28H30BrN3O3S/c1-5-16-35-24-15-10-20(29)17-23(24)26(34)32-27(36)31-22-13-11-21(12-14-22)30-25(33)18-6-8-19(9-7-18)28(2,3)4/h6-15,17H,5,16H2,1-4H3,(H,30,33)(H2,31,32,34,36). The molecule has 0 atom stereocenters. The van der Waals surface area contributed by atoms with Crippen LogP contribution in [0, 0.1) is 0 Å². The number of hydrogen-bond donors (Lipinski definition) is 3. The summed E-state index contributed by atoms with van der Waals surface area (Å²) in [7, 11) is 0. The number of anilines is 2. The van der Waals surface area contributed by atoms with Gasteiger partial charge < -0.3 is 15.4 Å². The van der Waals surface area contributed by atoms with Crippen LogP contribution in [-0.4, -0.2) is 23.5 Å². The predicted molar refractivity (Wildman–Crippen MR) is 153 cm³/mol. The zero-order valence-electron chi connectivity index (χ0n) is 20.8. The highest BCUT2D eigenvalue weighted by Crippen LogP contribution is 2.24. The van der Waals surface area contributed by atoms with Crippen molar-refractivity contribution in [1.29, 1.82) is 0 Å². The van der Waals surface area contributed by atoms with E-state index in [4.69, 9.17) is 17.0 Å². The lowest BCUT2D eigenvalue weighted by molar-refractivity contribution is 0.0972. The number of halogens is 1. The monoisotopic (exact) mass is 567 g/mol. The van der Waals surface area contributed by atoms with Gasteiger partial charge in [0.1, 0.15) is 5.75 Å². The highest BCUT2D eigenvalue weighted by atomic mass is 79.9. The summed E-state index contributed by atoms with van der Waals surface area (Å²) in [5, 5.41) is 8.71. The highest BCUT2D eigenvalue weighted by molar-refractivity contribution is 9.10. The number of carbonyl (C=O) groups excluding carboxylic acids is 2. The molecule has 0 saturated carbocycles. The number of thiocarbonyl (C=S) groups is 1. The first-order valence-corrected chi connectivity index (χ1v) is 12.8. The van der Waals surface area contributed by atoms with E-state index in [0.29, 0.717) is 34.9 Å². The number of ether oxygens (including phenoxy) is 1. The van der Waals surface area contributed by atoms with Gasteiger partial charge in [-0.15, -0.1) is 0 Å². The van der Waals surface area contributed by atoms with Crippen LogP contribution in [0.1, 0.15) is 60.4 Å². The molecule has 3 aromatic carbocycles. The number of amides is 2. The minimum atomic E-state index is -0.374. The van der Waals surface area contributed by atoms with E-state index in [-0.39, 0.29) is 22.3 Å². The van der Waals surface area contributed by atoms with Gasteiger partial charge in [0.25, 0.3) is 11.8 Å². The molecule has 3 N–H and O–H groups in total. The fourth-order valence-electron chi connectivity index (χ4n) is 3.31. The molecule has 0 unspecified atom stereocenters. The Morgan fingerprint density at radius 2 is 1.50 bits per heavy atom. The summed E-state index contributed by atoms with van der Waals surface area (Å²) in [5.41, 5.74) is 3.49. The molecule has 0 aliphatic carbocycles. The van der Waals surface area contributed by atoms with Crippen LogP contribution in [0.3, 0.4) is 0 Å². The van der Waals surface area contributed by atoms with Gasteiger partial charge in [0.05, 0.1) is 12.2 Å². The molecule has 0 aliphatic rings. The van der Waals surface area contributed by atoms with E-state index in [1.807, 2.05) is 37.3 Å². The summed E-state index contributed by atoms with van der Waals surface area (Å²) in [6, 6.07) is 19.9. The van der Waals surface area contributed by atoms with Crippen LogP contribution in [0.15, 0.2) is 71.2 Å². The third-order valence-corrected chi connectivity index (χ3v) is 5.99. The van der Waals surface area contributed by atoms with Gasteiger partial charge in [-0.1, -0.05) is 55.8 Å². The number of nitrogens with one attached hydrogen (secondary N) is 3. The summed E-state index contributed by atoms with van der Waals surface area (Å²) in [6.07, 6.45) is 0.830. The van der Waals surface area contributed by atoms with Crippen molar-refractivity contribution in [1.82, 2.24) is 5.32 Å². The van der Waals surface area contributed by atoms with Crippen LogP contribution < -0.4 is 20.7 Å². The Morgan fingerprint density at radius 1 is 0.889 bits per heavy atom. The van der Waals surface area contributed by atoms with Gasteiger partial charge >= 0.3 is 0 Å². The number of rotatable bonds is 7. The van der Waals surface area contributed by atoms with Crippen LogP contribution in [-0.2, 0) is 5.41 Å². The highest BCUT2D eigenvalue weighted by Gasteiger charge is 2.16. The molecule has 8 heteroatoms. The third kappa shape index (κ3) is 7.63. The topological polar surface area (TPSA) is 79.5 Å². The van der Waals surface area contributed by atoms with Crippen molar-refractivity contribution in [2.45, 2.75) is 39.5 Å². The number of carbonyl (C=O) groups is 2. The van der Waals surface area contributed by atoms with E-state index in [1.54, 1.807) is 36.4 Å². The Labute approximate surface area is 226 Å². The minimum absolute atomic E-state index is 0.0287. The minimum Gasteiger partial charge on any atom is -0.493 e. The summed E-state index contributed by atoms with van der Waals surface area (Å²) in [4.78, 5) is 25.4. The maximum Gasteiger partial charge on any atom is 0.261 e. The fraction of sp³-hybridized carbons (Fsp3) is 0.250. The molecule has 0 radical (unpaired) electrons. The van der Waals surface area contributed by atoms with Crippen LogP contribution in [0.25, 0.3) is 0 Å². The molecule has 188 valence electrons. The molecule has 3 rings (SSSR count). The van der Waals surface area contributed by atoms with Gasteiger partial charge in [0.15, 0.2) is 5.11 Å². The van der Waals surface area contributed by atoms with Gasteiger partial charge in [0.2, 0.25) is 0 Å². The summed E-state index contributed by atoms with van der Waals surface area (Å²) >= 11 is 8.70. The van der Waals surface area contributed by atoms with Gasteiger partial charge in [-0.3, -0.25) is 14.9 Å². The molecule has 36 heavy (non-hydrogen) atoms. The van der Waals surface area contributed by atoms with Crippen molar-refractivity contribution in [3.05, 3.63) is 87.9 Å². The van der Waals surface area contributed by atoms with E-state index in [2.05, 4.69) is 52.7 Å². The lowest BCUT2D eigenvalue weighted by Crippen LogP contribution is -2.34. The van der Waals surface area contributed by atoms with Crippen LogP contribution >= 0.6 is 28.1 Å². The average Bonchev–Trinajstić information content (AvgIpc) is 2.84. The van der Waals surface area contributed by atoms with Gasteiger partial charge in [-0.25, -0.2) is 0 Å². The predicted octanol–water partition coefficient (Wildman–Crippen LogP) is 6.91. The zero-order chi connectivity index (χ0) is 26.3. The molecule has 3 aromatic rings. The SMILES string of the molecule is CCCOc1ccc(Br)cc1C(=O)NC(=S)Nc1ccc(NC(=O)c2ccc(C(C)(C)C)cc2)cc1. The van der Waals surface area contributed by atoms with Crippen molar-refractivity contribution in [2.75, 3.05) is 17.2 Å². The van der Waals surface area contributed by atoms with E-state index >= 15 is 0 Å². The first-order chi connectivity index (χ1) is 17.1. The molecule has 0 fully saturated rings. The van der Waals surface area contributed by atoms with Crippen molar-refractivity contribution in [3.63, 3.8) is 0 Å². The van der Waals surface area contributed by atoms with E-state index in [9.17, 15) is 9.59 Å². The summed E-state index contributed by atoms with van der Waals surface area (Å²) < 4.78 is 6.44. The van der Waals surface area contributed by atoms with Crippen LogP contribution in [0.2, 0.25) is 0 Å². The normalized spacial score (nSPS) is 10.9. The smallest absolute Gasteiger partial charge is 0.261 e. The zero-order valence-corrected chi connectivity index (χ0v) is 23.2. The molecular formula is C28H30BrN3O3S. The molecule has 0 saturated heterocycles. The second-order valence-corrected chi connectivity index (χ2v) is 10.6. The lowest BCUT2D eigenvalue weighted by atomic mass is 9.87. The molecule has 0 spiro atoms. The van der Waals surface area contributed by atoms with Gasteiger partial charge in [0, 0.05) is 21.4 Å². The van der Waals surface area contributed by atoms with Crippen molar-refractivity contribution >= 4 is 56.4 Å². The molecular weight excluding hydrogens is 538 g/mol. The van der Waals surface area contributed by atoms with Gasteiger partial charge in [-0.05, 0) is 84.2 Å². The first kappa shape index (κ1) is 27.4. The first-order valence-electron chi connectivity index (χ1n) is 11.6. The third-order valence-electron chi connectivity index (χ3n) is 5.29. The Hall–Kier alpha value is -3.23. The van der Waals surface area contributed by atoms with E-state index in [1.165, 1.54) is 5.56 Å². The maximum absolute atomic E-state index is 12.8. The quantitative estimate of drug-likeness (QED) is 0.270. The average molecular weight is 569 g/mol. The number of hydrogen-bond acceptors (Lipinski definition) is 4. The maximum atomic E-state index is 12.8. The summed E-state index contributed by atoms with van der Waals surface area (Å²) in [6.45, 7) is 8.91. The van der Waals surface area contributed by atoms with Crippen LogP contribution in [0.4, 0.5) is 11.4 Å². The Kier molecular flexibility index (Phi) is 9.23. The molecule has 0 bridgehead atoms. The van der Waals surface area contributed by atoms with Gasteiger partial charge in [-0.2, -0.15) is 0 Å². The van der Waals surface area contributed by atoms with E-state index in [0.717, 1.165) is 10.9 Å². The second-order valence-electron chi connectivity index (χ2n) is 9.26. The fourth-order valence-corrected chi connectivity index (χ4v) is 3.88. The van der Waals surface area contributed by atoms with Crippen molar-refractivity contribution in [2.24, 2.45) is 0 Å². The second kappa shape index (κ2) is 12.1. The molecule has 2 amide bonds. The molecule has 0 heterocycles. The number of benzene rings is 3. The molecule has 0 aromatic heterocycles. The Morgan fingerprint density at radius 3 is 2.08 bits per heavy atom. The molecule has 6 nitrogen and oxygen atoms in total. The summed E-state index contributed by atoms with van der Waals surface area (Å²) in [5.74, 6) is -0.0659. The van der Waals surface area contributed by atoms with Crippen LogP contribution in [0.5, 0.6) is 5.75 Å². The van der Waals surface area contributed by atoms with E-state index < -0.39 is 0 Å². The molecule has 0 aliphatic heterocycles. The Bertz CT molecular complexity index is 1240. The Balaban J connectivity index is 1.58.